The van der Waals surface area contributed by atoms with E-state index in [4.69, 9.17) is 7.85 Å². The first-order chi connectivity index (χ1) is 7.56. The van der Waals surface area contributed by atoms with Gasteiger partial charge in [-0.25, -0.2) is 0 Å². The summed E-state index contributed by atoms with van der Waals surface area (Å²) in [6, 6.07) is 0.630. The second kappa shape index (κ2) is 9.89. The van der Waals surface area contributed by atoms with Gasteiger partial charge in [0.15, 0.2) is 7.85 Å². The zero-order valence-electron chi connectivity index (χ0n) is 11.1. The van der Waals surface area contributed by atoms with Crippen LogP contribution in [0.4, 0.5) is 0 Å². The fraction of sp³-hybridized carbons (Fsp3) is 0.923. The third-order valence-electron chi connectivity index (χ3n) is 3.20. The average Bonchev–Trinajstić information content (AvgIpc) is 2.23. The third-order valence-corrected chi connectivity index (χ3v) is 3.20. The van der Waals surface area contributed by atoms with Crippen LogP contribution in [0.25, 0.3) is 0 Å². The Hall–Kier alpha value is -0.305. The van der Waals surface area contributed by atoms with Crippen LogP contribution >= 0.6 is 0 Å². The molecule has 0 aliphatic carbocycles. The molecule has 0 spiro atoms. The van der Waals surface area contributed by atoms with E-state index in [-0.39, 0.29) is 5.68 Å². The van der Waals surface area contributed by atoms with Gasteiger partial charge in [-0.3, -0.25) is 0 Å². The van der Waals surface area contributed by atoms with Crippen LogP contribution in [0.2, 0.25) is 0 Å². The number of carbonyl (C=O) groups is 1. The van der Waals surface area contributed by atoms with Crippen molar-refractivity contribution in [3.8, 4) is 0 Å². The van der Waals surface area contributed by atoms with Crippen LogP contribution in [0.5, 0.6) is 0 Å². The maximum absolute atomic E-state index is 10.6. The molecule has 16 heavy (non-hydrogen) atoms. The first-order valence-electron chi connectivity index (χ1n) is 6.51. The van der Waals surface area contributed by atoms with E-state index in [0.717, 1.165) is 18.8 Å². The summed E-state index contributed by atoms with van der Waals surface area (Å²) in [6.45, 7) is 4.48. The van der Waals surface area contributed by atoms with Crippen LogP contribution in [0.15, 0.2) is 0 Å². The van der Waals surface area contributed by atoms with Gasteiger partial charge in [0.05, 0.1) is 5.68 Å². The van der Waals surface area contributed by atoms with Gasteiger partial charge in [-0.2, -0.15) is 0 Å². The number of nitrogens with one attached hydrogen (secondary N) is 1. The summed E-state index contributed by atoms with van der Waals surface area (Å²) in [4.78, 5) is 10.6. The molecule has 0 saturated heterocycles. The molecule has 92 valence electrons. The summed E-state index contributed by atoms with van der Waals surface area (Å²) < 4.78 is 0. The lowest BCUT2D eigenvalue weighted by molar-refractivity contribution is -0.111. The van der Waals surface area contributed by atoms with Crippen molar-refractivity contribution in [1.29, 1.82) is 0 Å². The highest BCUT2D eigenvalue weighted by Crippen LogP contribution is 2.16. The van der Waals surface area contributed by atoms with Gasteiger partial charge in [0, 0.05) is 6.04 Å². The van der Waals surface area contributed by atoms with E-state index in [9.17, 15) is 4.79 Å². The molecule has 2 unspecified atom stereocenters. The summed E-state index contributed by atoms with van der Waals surface area (Å²) in [5.41, 5.74) is -0.171. The van der Waals surface area contributed by atoms with Crippen LogP contribution in [-0.2, 0) is 4.79 Å². The van der Waals surface area contributed by atoms with Gasteiger partial charge in [-0.1, -0.05) is 32.6 Å². The van der Waals surface area contributed by atoms with Crippen molar-refractivity contribution >= 4 is 13.5 Å². The molecule has 0 aliphatic heterocycles. The van der Waals surface area contributed by atoms with E-state index in [1.165, 1.54) is 25.7 Å². The summed E-state index contributed by atoms with van der Waals surface area (Å²) in [7, 11) is 7.11. The molecule has 0 aromatic heterocycles. The zero-order chi connectivity index (χ0) is 12.4. The van der Waals surface area contributed by atoms with Gasteiger partial charge in [0.1, 0.15) is 0 Å². The van der Waals surface area contributed by atoms with Gasteiger partial charge >= 0.3 is 0 Å². The minimum absolute atomic E-state index is 0.171. The van der Waals surface area contributed by atoms with Crippen molar-refractivity contribution in [2.45, 2.75) is 64.8 Å². The number of unbranched alkanes of at least 4 members (excludes halogenated alkanes) is 1. The van der Waals surface area contributed by atoms with Crippen molar-refractivity contribution in [2.75, 3.05) is 7.05 Å². The van der Waals surface area contributed by atoms with Crippen molar-refractivity contribution in [3.63, 3.8) is 0 Å². The topological polar surface area (TPSA) is 29.1 Å². The number of hydrogen-bond acceptors (Lipinski definition) is 2. The van der Waals surface area contributed by atoms with E-state index in [1.54, 1.807) is 0 Å². The first kappa shape index (κ1) is 15.7. The largest absolute Gasteiger partial charge is 0.317 e. The first-order valence-corrected chi connectivity index (χ1v) is 6.51. The highest BCUT2D eigenvalue weighted by molar-refractivity contribution is 6.57. The summed E-state index contributed by atoms with van der Waals surface area (Å²) in [6.07, 6.45) is 7.74. The minimum Gasteiger partial charge on any atom is -0.317 e. The van der Waals surface area contributed by atoms with Crippen LogP contribution in [0, 0.1) is 5.92 Å². The van der Waals surface area contributed by atoms with E-state index in [1.807, 2.05) is 7.05 Å². The Morgan fingerprint density at radius 3 is 2.25 bits per heavy atom. The fourth-order valence-corrected chi connectivity index (χ4v) is 1.86. The third kappa shape index (κ3) is 10.2. The molecule has 1 N–H and O–H groups in total. The lowest BCUT2D eigenvalue weighted by atomic mass is 9.92. The molecular weight excluding hydrogens is 197 g/mol. The molecule has 0 fully saturated rings. The lowest BCUT2D eigenvalue weighted by Gasteiger charge is -2.12. The second-order valence-electron chi connectivity index (χ2n) is 4.94. The average molecular weight is 223 g/mol. The molecule has 0 amide bonds. The molecule has 3 heteroatoms. The normalized spacial score (nSPS) is 14.7. The molecule has 0 bridgehead atoms. The number of carbonyl (C=O) groups excluding carboxylic acids is 1. The zero-order valence-corrected chi connectivity index (χ0v) is 11.1. The molecule has 0 aromatic rings. The maximum Gasteiger partial charge on any atom is 0.167 e. The SMILES string of the molecule is [B]C(=O)CCCC(C)CCCCC(C)NC. The Kier molecular flexibility index (Phi) is 9.70. The molecule has 2 radical (unpaired) electrons. The van der Waals surface area contributed by atoms with E-state index in [2.05, 4.69) is 19.2 Å². The van der Waals surface area contributed by atoms with Crippen molar-refractivity contribution in [1.82, 2.24) is 5.32 Å². The van der Waals surface area contributed by atoms with Gasteiger partial charge in [-0.05, 0) is 39.2 Å². The molecular formula is C13H26BNO. The standard InChI is InChI=1S/C13H26BNO/c1-11(8-6-10-13(14)16)7-4-5-9-12(2)15-3/h11-12,15H,4-10H2,1-3H3. The Morgan fingerprint density at radius 1 is 1.12 bits per heavy atom. The summed E-state index contributed by atoms with van der Waals surface area (Å²) >= 11 is 0. The van der Waals surface area contributed by atoms with Crippen molar-refractivity contribution < 1.29 is 4.79 Å². The number of rotatable bonds is 10. The lowest BCUT2D eigenvalue weighted by Crippen LogP contribution is -2.20. The molecule has 0 heterocycles. The summed E-state index contributed by atoms with van der Waals surface area (Å²) in [5, 5.41) is 3.25. The van der Waals surface area contributed by atoms with Crippen molar-refractivity contribution in [2.24, 2.45) is 5.92 Å². The Labute approximate surface area is 102 Å². The summed E-state index contributed by atoms with van der Waals surface area (Å²) in [5.74, 6) is 0.726. The minimum atomic E-state index is -0.171. The van der Waals surface area contributed by atoms with Crippen LogP contribution < -0.4 is 5.32 Å². The van der Waals surface area contributed by atoms with Gasteiger partial charge in [0.25, 0.3) is 0 Å². The van der Waals surface area contributed by atoms with Crippen LogP contribution in [-0.4, -0.2) is 26.6 Å². The van der Waals surface area contributed by atoms with Gasteiger partial charge in [-0.15, -0.1) is 0 Å². The van der Waals surface area contributed by atoms with Crippen molar-refractivity contribution in [3.05, 3.63) is 0 Å². The molecule has 0 rings (SSSR count). The Bertz CT molecular complexity index is 185. The van der Waals surface area contributed by atoms with Crippen LogP contribution in [0.1, 0.15) is 58.8 Å². The fourth-order valence-electron chi connectivity index (χ4n) is 1.86. The number of hydrogen-bond donors (Lipinski definition) is 1. The highest BCUT2D eigenvalue weighted by atomic mass is 16.1. The Balaban J connectivity index is 3.30. The second-order valence-corrected chi connectivity index (χ2v) is 4.94. The van der Waals surface area contributed by atoms with E-state index in [0.29, 0.717) is 12.5 Å². The smallest absolute Gasteiger partial charge is 0.167 e. The molecule has 2 nitrogen and oxygen atoms in total. The molecule has 0 saturated carbocycles. The van der Waals surface area contributed by atoms with Gasteiger partial charge < -0.3 is 10.1 Å². The highest BCUT2D eigenvalue weighted by Gasteiger charge is 2.04. The monoisotopic (exact) mass is 223 g/mol. The molecule has 0 aromatic carbocycles. The molecule has 0 aliphatic rings. The Morgan fingerprint density at radius 2 is 1.69 bits per heavy atom. The predicted molar refractivity (Wildman–Crippen MR) is 70.8 cm³/mol. The molecule has 2 atom stereocenters. The predicted octanol–water partition coefficient (Wildman–Crippen LogP) is 2.66. The van der Waals surface area contributed by atoms with Gasteiger partial charge in [0.2, 0.25) is 0 Å². The van der Waals surface area contributed by atoms with E-state index >= 15 is 0 Å². The quantitative estimate of drug-likeness (QED) is 0.455. The van der Waals surface area contributed by atoms with E-state index < -0.39 is 0 Å². The van der Waals surface area contributed by atoms with Crippen LogP contribution in [0.3, 0.4) is 0 Å². The maximum atomic E-state index is 10.6.